The van der Waals surface area contributed by atoms with E-state index in [9.17, 15) is 13.2 Å². The number of esters is 1. The third-order valence-electron chi connectivity index (χ3n) is 6.82. The number of aryl methyl sites for hydroxylation is 1. The van der Waals surface area contributed by atoms with E-state index in [4.69, 9.17) is 14.2 Å². The summed E-state index contributed by atoms with van der Waals surface area (Å²) in [6.45, 7) is 9.77. The molecular formula is C33H32O6S. The fourth-order valence-electron chi connectivity index (χ4n) is 4.23. The van der Waals surface area contributed by atoms with E-state index in [2.05, 4.69) is 51.6 Å². The molecule has 0 N–H and O–H groups in total. The fourth-order valence-corrected chi connectivity index (χ4v) is 5.49. The van der Waals surface area contributed by atoms with Gasteiger partial charge < -0.3 is 14.2 Å². The molecule has 4 rings (SSSR count). The van der Waals surface area contributed by atoms with Gasteiger partial charge in [0.1, 0.15) is 23.9 Å². The van der Waals surface area contributed by atoms with E-state index in [0.29, 0.717) is 22.8 Å². The summed E-state index contributed by atoms with van der Waals surface area (Å²) in [6.07, 6.45) is 1.11. The lowest BCUT2D eigenvalue weighted by molar-refractivity contribution is -0.139. The average molecular weight is 557 g/mol. The first kappa shape index (κ1) is 28.6. The van der Waals surface area contributed by atoms with Crippen molar-refractivity contribution >= 4 is 15.8 Å². The Morgan fingerprint density at radius 1 is 0.825 bits per heavy atom. The Morgan fingerprint density at radius 3 is 1.93 bits per heavy atom. The molecule has 40 heavy (non-hydrogen) atoms. The summed E-state index contributed by atoms with van der Waals surface area (Å²) >= 11 is 0. The van der Waals surface area contributed by atoms with Gasteiger partial charge in [-0.2, -0.15) is 0 Å². The van der Waals surface area contributed by atoms with Gasteiger partial charge in [-0.25, -0.2) is 13.2 Å². The second-order valence-corrected chi connectivity index (χ2v) is 11.8. The summed E-state index contributed by atoms with van der Waals surface area (Å²) in [6, 6.07) is 26.6. The van der Waals surface area contributed by atoms with Crippen LogP contribution in [0.5, 0.6) is 17.2 Å². The van der Waals surface area contributed by atoms with Crippen molar-refractivity contribution in [2.24, 2.45) is 0 Å². The zero-order chi connectivity index (χ0) is 28.9. The van der Waals surface area contributed by atoms with Crippen LogP contribution in [0.15, 0.2) is 113 Å². The van der Waals surface area contributed by atoms with E-state index in [-0.39, 0.29) is 21.8 Å². The van der Waals surface area contributed by atoms with Crippen molar-refractivity contribution in [3.05, 3.63) is 126 Å². The maximum Gasteiger partial charge on any atom is 0.330 e. The van der Waals surface area contributed by atoms with Crippen molar-refractivity contribution in [1.82, 2.24) is 0 Å². The average Bonchev–Trinajstić information content (AvgIpc) is 2.96. The van der Waals surface area contributed by atoms with Crippen molar-refractivity contribution in [2.45, 2.75) is 42.6 Å². The molecule has 0 radical (unpaired) electrons. The van der Waals surface area contributed by atoms with Crippen LogP contribution in [-0.2, 0) is 31.4 Å². The lowest BCUT2D eigenvalue weighted by atomic mass is 9.77. The monoisotopic (exact) mass is 556 g/mol. The van der Waals surface area contributed by atoms with Crippen LogP contribution in [0.3, 0.4) is 0 Å². The van der Waals surface area contributed by atoms with Gasteiger partial charge in [-0.05, 0) is 78.7 Å². The highest BCUT2D eigenvalue weighted by molar-refractivity contribution is 7.91. The zero-order valence-electron chi connectivity index (χ0n) is 23.0. The zero-order valence-corrected chi connectivity index (χ0v) is 23.8. The summed E-state index contributed by atoms with van der Waals surface area (Å²) in [5, 5.41) is 0. The number of hydrogen-bond acceptors (Lipinski definition) is 6. The number of carbonyl (C=O) groups excluding carboxylic acids is 1. The van der Waals surface area contributed by atoms with Gasteiger partial charge in [0, 0.05) is 17.1 Å². The molecule has 0 aliphatic heterocycles. The fraction of sp³-hybridized carbons (Fsp3) is 0.182. The van der Waals surface area contributed by atoms with Gasteiger partial charge >= 0.3 is 5.97 Å². The minimum atomic E-state index is -3.71. The predicted octanol–water partition coefficient (Wildman–Crippen LogP) is 7.18. The molecule has 0 saturated carbocycles. The minimum Gasteiger partial charge on any atom is -0.497 e. The second kappa shape index (κ2) is 11.8. The molecule has 0 bridgehead atoms. The molecule has 0 saturated heterocycles. The molecule has 0 aromatic heterocycles. The van der Waals surface area contributed by atoms with Crippen molar-refractivity contribution in [3.63, 3.8) is 0 Å². The summed E-state index contributed by atoms with van der Waals surface area (Å²) in [5.74, 6) is 0.967. The molecule has 7 heteroatoms. The molecule has 0 heterocycles. The van der Waals surface area contributed by atoms with Crippen LogP contribution in [-0.4, -0.2) is 21.5 Å². The van der Waals surface area contributed by atoms with Crippen LogP contribution in [0.4, 0.5) is 0 Å². The Balaban J connectivity index is 1.62. The molecule has 6 nitrogen and oxygen atoms in total. The van der Waals surface area contributed by atoms with Gasteiger partial charge in [-0.1, -0.05) is 56.3 Å². The van der Waals surface area contributed by atoms with Gasteiger partial charge in [-0.3, -0.25) is 0 Å². The lowest BCUT2D eigenvalue weighted by Crippen LogP contribution is -2.19. The molecular weight excluding hydrogens is 524 g/mol. The second-order valence-electron chi connectivity index (χ2n) is 9.88. The van der Waals surface area contributed by atoms with Crippen LogP contribution in [0.1, 0.15) is 36.1 Å². The van der Waals surface area contributed by atoms with Gasteiger partial charge in [0.2, 0.25) is 9.84 Å². The van der Waals surface area contributed by atoms with Crippen LogP contribution >= 0.6 is 0 Å². The van der Waals surface area contributed by atoms with Crippen LogP contribution in [0.25, 0.3) is 0 Å². The number of ether oxygens (including phenoxy) is 3. The highest BCUT2D eigenvalue weighted by Crippen LogP contribution is 2.36. The predicted molar refractivity (Wildman–Crippen MR) is 155 cm³/mol. The molecule has 0 aliphatic carbocycles. The summed E-state index contributed by atoms with van der Waals surface area (Å²) < 4.78 is 42.7. The van der Waals surface area contributed by atoms with Gasteiger partial charge in [-0.15, -0.1) is 0 Å². The molecule has 0 aliphatic rings. The highest BCUT2D eigenvalue weighted by atomic mass is 32.2. The first-order valence-corrected chi connectivity index (χ1v) is 14.2. The standard InChI is InChI=1S/C33H32O6S/c1-6-32(34)38-22-24-21-26(33(3,4)25-9-7-23(2)8-10-25)11-20-31(24)39-28-14-18-30(19-15-28)40(35,36)29-16-12-27(37-5)13-17-29/h6-21H,1,22H2,2-5H3. The summed E-state index contributed by atoms with van der Waals surface area (Å²) in [4.78, 5) is 12.1. The quantitative estimate of drug-likeness (QED) is 0.152. The Morgan fingerprint density at radius 2 is 1.38 bits per heavy atom. The Kier molecular flexibility index (Phi) is 8.45. The maximum absolute atomic E-state index is 13.1. The van der Waals surface area contributed by atoms with Crippen molar-refractivity contribution < 1.29 is 27.4 Å². The third-order valence-corrected chi connectivity index (χ3v) is 8.61. The molecule has 0 unspecified atom stereocenters. The molecule has 0 spiro atoms. The van der Waals surface area contributed by atoms with E-state index in [1.807, 2.05) is 18.2 Å². The molecule has 4 aromatic rings. The van der Waals surface area contributed by atoms with Crippen LogP contribution < -0.4 is 9.47 Å². The van der Waals surface area contributed by atoms with Gasteiger partial charge in [0.15, 0.2) is 0 Å². The van der Waals surface area contributed by atoms with Crippen LogP contribution in [0, 0.1) is 6.92 Å². The first-order valence-electron chi connectivity index (χ1n) is 12.7. The molecule has 206 valence electrons. The largest absolute Gasteiger partial charge is 0.497 e. The number of rotatable bonds is 10. The first-order chi connectivity index (χ1) is 19.0. The number of sulfone groups is 1. The summed E-state index contributed by atoms with van der Waals surface area (Å²) in [5.41, 5.74) is 3.70. The smallest absolute Gasteiger partial charge is 0.330 e. The van der Waals surface area contributed by atoms with Crippen LogP contribution in [0.2, 0.25) is 0 Å². The number of benzene rings is 4. The van der Waals surface area contributed by atoms with E-state index in [0.717, 1.165) is 17.2 Å². The maximum atomic E-state index is 13.1. The molecule has 0 fully saturated rings. The normalized spacial score (nSPS) is 11.5. The Bertz CT molecular complexity index is 1600. The van der Waals surface area contributed by atoms with E-state index < -0.39 is 15.8 Å². The molecule has 4 aromatic carbocycles. The molecule has 0 amide bonds. The Labute approximate surface area is 235 Å². The number of hydrogen-bond donors (Lipinski definition) is 0. The lowest BCUT2D eigenvalue weighted by Gasteiger charge is -2.27. The number of methoxy groups -OCH3 is 1. The summed E-state index contributed by atoms with van der Waals surface area (Å²) in [7, 11) is -2.19. The SMILES string of the molecule is C=CC(=O)OCc1cc(C(C)(C)c2ccc(C)cc2)ccc1Oc1ccc(S(=O)(=O)c2ccc(OC)cc2)cc1. The van der Waals surface area contributed by atoms with Gasteiger partial charge in [0.25, 0.3) is 0 Å². The minimum absolute atomic E-state index is 0.0120. The van der Waals surface area contributed by atoms with Crippen molar-refractivity contribution in [2.75, 3.05) is 7.11 Å². The number of carbonyl (C=O) groups is 1. The van der Waals surface area contributed by atoms with Crippen molar-refractivity contribution in [3.8, 4) is 17.2 Å². The Hall–Kier alpha value is -4.36. The van der Waals surface area contributed by atoms with Gasteiger partial charge in [0.05, 0.1) is 16.9 Å². The van der Waals surface area contributed by atoms with E-state index in [1.54, 1.807) is 24.3 Å². The van der Waals surface area contributed by atoms with E-state index in [1.165, 1.54) is 36.9 Å². The highest BCUT2D eigenvalue weighted by Gasteiger charge is 2.25. The van der Waals surface area contributed by atoms with Crippen molar-refractivity contribution in [1.29, 1.82) is 0 Å². The molecule has 0 atom stereocenters. The topological polar surface area (TPSA) is 78.9 Å². The van der Waals surface area contributed by atoms with E-state index >= 15 is 0 Å². The third kappa shape index (κ3) is 6.26.